The van der Waals surface area contributed by atoms with Crippen LogP contribution in [0.4, 0.5) is 0 Å². The largest absolute Gasteiger partial charge is 0.466 e. The van der Waals surface area contributed by atoms with Crippen LogP contribution in [0.3, 0.4) is 0 Å². The maximum absolute atomic E-state index is 6.07. The summed E-state index contributed by atoms with van der Waals surface area (Å²) in [5.41, 5.74) is 4.25. The van der Waals surface area contributed by atoms with Crippen LogP contribution in [0.15, 0.2) is 54.6 Å². The van der Waals surface area contributed by atoms with Crippen molar-refractivity contribution in [3.63, 3.8) is 0 Å². The van der Waals surface area contributed by atoms with Gasteiger partial charge in [0.25, 0.3) is 5.17 Å². The summed E-state index contributed by atoms with van der Waals surface area (Å²) in [4.78, 5) is 5.13. The Kier molecular flexibility index (Phi) is 5.08. The minimum absolute atomic E-state index is 0.504. The molecule has 0 radical (unpaired) electrons. The van der Waals surface area contributed by atoms with Crippen molar-refractivity contribution < 1.29 is 4.74 Å². The van der Waals surface area contributed by atoms with Gasteiger partial charge in [-0.1, -0.05) is 54.6 Å². The Morgan fingerprint density at radius 1 is 1.04 bits per heavy atom. The van der Waals surface area contributed by atoms with Gasteiger partial charge in [0.1, 0.15) is 6.61 Å². The smallest absolute Gasteiger partial charge is 0.259 e. The number of fused-ring (bicyclic) bond motifs is 4. The van der Waals surface area contributed by atoms with Crippen LogP contribution < -0.4 is 0 Å². The molecule has 0 saturated carbocycles. The lowest BCUT2D eigenvalue weighted by Gasteiger charge is -2.52. The molecule has 0 amide bonds. The van der Waals surface area contributed by atoms with E-state index >= 15 is 0 Å². The van der Waals surface area contributed by atoms with E-state index in [4.69, 9.17) is 17.0 Å². The first kappa shape index (κ1) is 18.1. The van der Waals surface area contributed by atoms with E-state index in [2.05, 4.69) is 58.3 Å². The lowest BCUT2D eigenvalue weighted by molar-refractivity contribution is 0.00805. The standard InChI is InChI=1S/C24H28N2OS/c28-24(27-17-18-7-2-1-3-8-18)26-13-6-10-20-16-25-14-12-19-9-4-5-11-21(19)23(25)15-22(20)26/h1-5,7-9,11,20,22-23H,6,10,12-17H2. The molecule has 2 fully saturated rings. The highest BCUT2D eigenvalue weighted by Gasteiger charge is 2.43. The molecule has 2 aromatic rings. The third kappa shape index (κ3) is 3.44. The van der Waals surface area contributed by atoms with Gasteiger partial charge in [-0.3, -0.25) is 4.90 Å². The first-order chi connectivity index (χ1) is 13.8. The van der Waals surface area contributed by atoms with Crippen LogP contribution >= 0.6 is 12.2 Å². The Morgan fingerprint density at radius 2 is 1.86 bits per heavy atom. The molecule has 3 heterocycles. The number of likely N-dealkylation sites (tertiary alicyclic amines) is 1. The van der Waals surface area contributed by atoms with Gasteiger partial charge in [0, 0.05) is 31.7 Å². The van der Waals surface area contributed by atoms with Crippen LogP contribution in [0.2, 0.25) is 0 Å². The quantitative estimate of drug-likeness (QED) is 0.695. The monoisotopic (exact) mass is 392 g/mol. The van der Waals surface area contributed by atoms with E-state index in [0.717, 1.165) is 13.0 Å². The van der Waals surface area contributed by atoms with Crippen molar-refractivity contribution in [1.29, 1.82) is 0 Å². The number of benzene rings is 2. The van der Waals surface area contributed by atoms with E-state index in [9.17, 15) is 0 Å². The van der Waals surface area contributed by atoms with Crippen molar-refractivity contribution in [3.8, 4) is 0 Å². The maximum Gasteiger partial charge on any atom is 0.259 e. The van der Waals surface area contributed by atoms with Gasteiger partial charge in [0.15, 0.2) is 0 Å². The second kappa shape index (κ2) is 7.84. The molecule has 0 bridgehead atoms. The van der Waals surface area contributed by atoms with E-state index < -0.39 is 0 Å². The van der Waals surface area contributed by atoms with Gasteiger partial charge in [-0.15, -0.1) is 0 Å². The molecule has 2 aromatic carbocycles. The fraction of sp³-hybridized carbons (Fsp3) is 0.458. The van der Waals surface area contributed by atoms with Crippen LogP contribution in [0.1, 0.15) is 42.0 Å². The van der Waals surface area contributed by atoms with E-state index in [-0.39, 0.29) is 0 Å². The van der Waals surface area contributed by atoms with Gasteiger partial charge in [-0.05, 0) is 60.5 Å². The van der Waals surface area contributed by atoms with Crippen molar-refractivity contribution in [2.24, 2.45) is 5.92 Å². The summed E-state index contributed by atoms with van der Waals surface area (Å²) in [5.74, 6) is 0.702. The lowest BCUT2D eigenvalue weighted by atomic mass is 9.77. The number of hydrogen-bond donors (Lipinski definition) is 0. The van der Waals surface area contributed by atoms with Crippen molar-refractivity contribution in [2.45, 2.75) is 44.4 Å². The Bertz CT molecular complexity index is 840. The number of nitrogens with zero attached hydrogens (tertiary/aromatic N) is 2. The number of hydrogen-bond acceptors (Lipinski definition) is 3. The third-order valence-electron chi connectivity index (χ3n) is 6.82. The molecule has 28 heavy (non-hydrogen) atoms. The van der Waals surface area contributed by atoms with E-state index in [1.165, 1.54) is 49.0 Å². The normalized spacial score (nSPS) is 26.7. The van der Waals surface area contributed by atoms with Gasteiger partial charge in [0.2, 0.25) is 0 Å². The Balaban J connectivity index is 1.32. The lowest BCUT2D eigenvalue weighted by Crippen LogP contribution is -2.57. The van der Waals surface area contributed by atoms with Crippen molar-refractivity contribution >= 4 is 17.4 Å². The molecule has 4 heteroatoms. The van der Waals surface area contributed by atoms with Crippen LogP contribution in [0, 0.1) is 5.92 Å². The van der Waals surface area contributed by atoms with Crippen molar-refractivity contribution in [2.75, 3.05) is 19.6 Å². The molecule has 0 spiro atoms. The minimum Gasteiger partial charge on any atom is -0.466 e. The second-order valence-corrected chi connectivity index (χ2v) is 8.75. The van der Waals surface area contributed by atoms with Crippen molar-refractivity contribution in [1.82, 2.24) is 9.80 Å². The highest BCUT2D eigenvalue weighted by atomic mass is 32.1. The molecule has 5 rings (SSSR count). The summed E-state index contributed by atoms with van der Waals surface area (Å²) >= 11 is 5.76. The average molecular weight is 393 g/mol. The Labute approximate surface area is 173 Å². The Morgan fingerprint density at radius 3 is 2.75 bits per heavy atom. The summed E-state index contributed by atoms with van der Waals surface area (Å²) in [5, 5.41) is 0.691. The molecule has 3 nitrogen and oxygen atoms in total. The molecular weight excluding hydrogens is 364 g/mol. The zero-order valence-corrected chi connectivity index (χ0v) is 17.1. The van der Waals surface area contributed by atoms with Gasteiger partial charge < -0.3 is 9.64 Å². The van der Waals surface area contributed by atoms with Gasteiger partial charge in [0.05, 0.1) is 0 Å². The SMILES string of the molecule is S=C(OCc1ccccc1)N1CCCC2CN3CCc4ccccc4C3CC21. The summed E-state index contributed by atoms with van der Waals surface area (Å²) in [7, 11) is 0. The molecule has 0 aromatic heterocycles. The fourth-order valence-electron chi connectivity index (χ4n) is 5.43. The van der Waals surface area contributed by atoms with E-state index in [1.807, 2.05) is 6.07 Å². The van der Waals surface area contributed by atoms with Crippen LogP contribution in [0.25, 0.3) is 0 Å². The van der Waals surface area contributed by atoms with Gasteiger partial charge in [-0.2, -0.15) is 0 Å². The molecule has 3 aliphatic rings. The Hall–Kier alpha value is -1.91. The molecule has 0 N–H and O–H groups in total. The average Bonchev–Trinajstić information content (AvgIpc) is 2.76. The molecule has 3 aliphatic heterocycles. The zero-order valence-electron chi connectivity index (χ0n) is 16.3. The third-order valence-corrected chi connectivity index (χ3v) is 7.17. The molecule has 3 unspecified atom stereocenters. The minimum atomic E-state index is 0.504. The van der Waals surface area contributed by atoms with Gasteiger partial charge in [-0.25, -0.2) is 0 Å². The van der Waals surface area contributed by atoms with Crippen LogP contribution in [-0.2, 0) is 17.8 Å². The summed E-state index contributed by atoms with van der Waals surface area (Å²) in [6, 6.07) is 20.4. The number of rotatable bonds is 2. The fourth-order valence-corrected chi connectivity index (χ4v) is 5.71. The van der Waals surface area contributed by atoms with Crippen LogP contribution in [-0.4, -0.2) is 40.7 Å². The number of piperidine rings is 2. The summed E-state index contributed by atoms with van der Waals surface area (Å²) in [6.07, 6.45) is 4.88. The predicted molar refractivity (Wildman–Crippen MR) is 116 cm³/mol. The zero-order chi connectivity index (χ0) is 18.9. The summed E-state index contributed by atoms with van der Waals surface area (Å²) in [6.45, 7) is 3.98. The van der Waals surface area contributed by atoms with Crippen molar-refractivity contribution in [3.05, 3.63) is 71.3 Å². The topological polar surface area (TPSA) is 15.7 Å². The highest BCUT2D eigenvalue weighted by Crippen LogP contribution is 2.42. The summed E-state index contributed by atoms with van der Waals surface area (Å²) < 4.78 is 6.07. The second-order valence-electron chi connectivity index (χ2n) is 8.40. The number of ether oxygens (including phenoxy) is 1. The molecular formula is C24H28N2OS. The first-order valence-corrected chi connectivity index (χ1v) is 11.0. The number of thiocarbonyl (C=S) groups is 1. The molecule has 3 atom stereocenters. The van der Waals surface area contributed by atoms with E-state index in [0.29, 0.717) is 29.8 Å². The predicted octanol–water partition coefficient (Wildman–Crippen LogP) is 4.57. The maximum atomic E-state index is 6.07. The molecule has 2 saturated heterocycles. The van der Waals surface area contributed by atoms with E-state index in [1.54, 1.807) is 0 Å². The molecule has 146 valence electrons. The highest BCUT2D eigenvalue weighted by molar-refractivity contribution is 7.80. The first-order valence-electron chi connectivity index (χ1n) is 10.6. The van der Waals surface area contributed by atoms with Crippen LogP contribution in [0.5, 0.6) is 0 Å². The molecule has 0 aliphatic carbocycles. The van der Waals surface area contributed by atoms with Gasteiger partial charge >= 0.3 is 0 Å².